The monoisotopic (exact) mass is 262 g/mol. The fraction of sp³-hybridized carbons (Fsp3) is 0.333. The van der Waals surface area contributed by atoms with Gasteiger partial charge in [0, 0.05) is 19.1 Å². The van der Waals surface area contributed by atoms with Crippen LogP contribution in [0, 0.1) is 11.2 Å². The first-order valence-electron chi connectivity index (χ1n) is 5.79. The zero-order valence-electron chi connectivity index (χ0n) is 9.77. The number of hydrogen-bond donors (Lipinski definition) is 1. The maximum atomic E-state index is 10.8. The summed E-state index contributed by atoms with van der Waals surface area (Å²) in [5, 5.41) is 18.2. The lowest BCUT2D eigenvalue weighted by Crippen LogP contribution is -2.36. The van der Waals surface area contributed by atoms with Gasteiger partial charge in [0.05, 0.1) is 16.3 Å². The fourth-order valence-electron chi connectivity index (χ4n) is 2.15. The molecule has 1 N–H and O–H groups in total. The van der Waals surface area contributed by atoms with Gasteiger partial charge >= 0.3 is 5.97 Å². The Morgan fingerprint density at radius 1 is 1.44 bits per heavy atom. The van der Waals surface area contributed by atoms with Gasteiger partial charge in [0.1, 0.15) is 0 Å². The number of carboxylic acids is 1. The molecular formula is C12H12BClN2O2. The number of nitriles is 1. The minimum absolute atomic E-state index is 0.123. The average Bonchev–Trinajstić information content (AvgIpc) is 2.38. The van der Waals surface area contributed by atoms with Crippen LogP contribution in [0.25, 0.3) is 0 Å². The molecule has 18 heavy (non-hydrogen) atoms. The lowest BCUT2D eigenvalue weighted by molar-refractivity contribution is 0.0697. The van der Waals surface area contributed by atoms with Crippen LogP contribution in [0.15, 0.2) is 18.2 Å². The van der Waals surface area contributed by atoms with Crippen LogP contribution in [0.1, 0.15) is 10.4 Å². The molecule has 4 nitrogen and oxygen atoms in total. The first-order valence-corrected chi connectivity index (χ1v) is 6.17. The van der Waals surface area contributed by atoms with E-state index in [-0.39, 0.29) is 12.3 Å². The fourth-order valence-corrected chi connectivity index (χ4v) is 2.45. The topological polar surface area (TPSA) is 64.3 Å². The SMILES string of the molecule is N#CB1CCN(c2ccc(C(=O)O)cc2Cl)CC1. The maximum absolute atomic E-state index is 10.8. The van der Waals surface area contributed by atoms with Crippen molar-refractivity contribution < 1.29 is 9.90 Å². The number of hydrogen-bond acceptors (Lipinski definition) is 3. The highest BCUT2D eigenvalue weighted by Gasteiger charge is 2.23. The average molecular weight is 263 g/mol. The van der Waals surface area contributed by atoms with E-state index in [4.69, 9.17) is 22.0 Å². The molecule has 0 aliphatic carbocycles. The molecule has 2 rings (SSSR count). The van der Waals surface area contributed by atoms with Gasteiger partial charge in [-0.05, 0) is 30.8 Å². The van der Waals surface area contributed by atoms with E-state index in [9.17, 15) is 4.79 Å². The molecule has 92 valence electrons. The van der Waals surface area contributed by atoms with Crippen molar-refractivity contribution in [1.29, 1.82) is 5.26 Å². The van der Waals surface area contributed by atoms with Crippen molar-refractivity contribution in [2.75, 3.05) is 18.0 Å². The van der Waals surface area contributed by atoms with Crippen LogP contribution in [0.3, 0.4) is 0 Å². The number of benzene rings is 1. The van der Waals surface area contributed by atoms with E-state index in [1.807, 2.05) is 0 Å². The molecule has 1 aromatic carbocycles. The summed E-state index contributed by atoms with van der Waals surface area (Å²) in [6, 6.07) is 4.76. The van der Waals surface area contributed by atoms with Crippen LogP contribution in [-0.4, -0.2) is 30.9 Å². The van der Waals surface area contributed by atoms with E-state index in [0.717, 1.165) is 31.4 Å². The molecule has 1 saturated heterocycles. The summed E-state index contributed by atoms with van der Waals surface area (Å²) >= 11 is 6.11. The third-order valence-electron chi connectivity index (χ3n) is 3.21. The molecule has 0 atom stereocenters. The molecule has 0 aromatic heterocycles. The second-order valence-corrected chi connectivity index (χ2v) is 4.77. The summed E-state index contributed by atoms with van der Waals surface area (Å²) in [6.07, 6.45) is 1.65. The molecular weight excluding hydrogens is 250 g/mol. The van der Waals surface area contributed by atoms with Gasteiger partial charge in [0.2, 0.25) is 0 Å². The molecule has 1 heterocycles. The summed E-state index contributed by atoms with van der Waals surface area (Å²) in [5.74, 6) is 1.30. The van der Waals surface area contributed by atoms with Crippen molar-refractivity contribution in [1.82, 2.24) is 0 Å². The Morgan fingerprint density at radius 2 is 2.11 bits per heavy atom. The molecule has 1 aliphatic rings. The number of anilines is 1. The second-order valence-electron chi connectivity index (χ2n) is 4.36. The van der Waals surface area contributed by atoms with Gasteiger partial charge in [-0.2, -0.15) is 0 Å². The van der Waals surface area contributed by atoms with E-state index in [1.165, 1.54) is 6.07 Å². The summed E-state index contributed by atoms with van der Waals surface area (Å²) in [5.41, 5.74) is 1.04. The van der Waals surface area contributed by atoms with Gasteiger partial charge in [-0.25, -0.2) is 10.1 Å². The maximum Gasteiger partial charge on any atom is 0.335 e. The summed E-state index contributed by atoms with van der Waals surface area (Å²) in [6.45, 7) is 1.69. The van der Waals surface area contributed by atoms with Crippen LogP contribution in [0.4, 0.5) is 5.69 Å². The van der Waals surface area contributed by atoms with Crippen molar-refractivity contribution in [3.8, 4) is 5.97 Å². The number of carbonyl (C=O) groups is 1. The van der Waals surface area contributed by atoms with Crippen molar-refractivity contribution in [3.63, 3.8) is 0 Å². The number of rotatable bonds is 2. The molecule has 0 radical (unpaired) electrons. The highest BCUT2D eigenvalue weighted by Crippen LogP contribution is 2.29. The van der Waals surface area contributed by atoms with Crippen molar-refractivity contribution in [3.05, 3.63) is 28.8 Å². The first kappa shape index (κ1) is 12.8. The van der Waals surface area contributed by atoms with Crippen LogP contribution < -0.4 is 4.90 Å². The Bertz CT molecular complexity index is 507. The molecule has 0 unspecified atom stereocenters. The zero-order valence-corrected chi connectivity index (χ0v) is 10.5. The first-order chi connectivity index (χ1) is 8.61. The molecule has 6 heteroatoms. The van der Waals surface area contributed by atoms with E-state index in [2.05, 4.69) is 10.9 Å². The van der Waals surface area contributed by atoms with Crippen LogP contribution in [0.2, 0.25) is 17.7 Å². The molecule has 0 saturated carbocycles. The molecule has 0 bridgehead atoms. The Labute approximate surface area is 111 Å². The third kappa shape index (κ3) is 2.60. The predicted octanol–water partition coefficient (Wildman–Crippen LogP) is 2.42. The van der Waals surface area contributed by atoms with Gasteiger partial charge in [-0.15, -0.1) is 0 Å². The van der Waals surface area contributed by atoms with E-state index < -0.39 is 5.97 Å². The van der Waals surface area contributed by atoms with Gasteiger partial charge in [0.25, 0.3) is 6.71 Å². The third-order valence-corrected chi connectivity index (χ3v) is 3.52. The van der Waals surface area contributed by atoms with Gasteiger partial charge in [-0.1, -0.05) is 11.6 Å². The van der Waals surface area contributed by atoms with E-state index >= 15 is 0 Å². The Kier molecular flexibility index (Phi) is 3.78. The minimum Gasteiger partial charge on any atom is -0.478 e. The standard InChI is InChI=1S/C12H12BClN2O2/c14-10-7-9(12(17)18)1-2-11(10)16-5-3-13(8-15)4-6-16/h1-2,7H,3-6H2,(H,17,18). The van der Waals surface area contributed by atoms with Crippen molar-refractivity contribution >= 4 is 30.0 Å². The second kappa shape index (κ2) is 5.32. The summed E-state index contributed by atoms with van der Waals surface area (Å²) in [7, 11) is 0. The largest absolute Gasteiger partial charge is 0.478 e. The number of carboxylic acid groups (broad SMARTS) is 1. The van der Waals surface area contributed by atoms with Crippen LogP contribution >= 0.6 is 11.6 Å². The van der Waals surface area contributed by atoms with E-state index in [0.29, 0.717) is 5.02 Å². The Morgan fingerprint density at radius 3 is 2.61 bits per heavy atom. The number of nitrogens with zero attached hydrogens (tertiary/aromatic N) is 2. The Hall–Kier alpha value is -1.67. The molecule has 0 spiro atoms. The predicted molar refractivity (Wildman–Crippen MR) is 71.6 cm³/mol. The lowest BCUT2D eigenvalue weighted by atomic mass is 9.45. The highest BCUT2D eigenvalue weighted by atomic mass is 35.5. The highest BCUT2D eigenvalue weighted by molar-refractivity contribution is 6.67. The zero-order chi connectivity index (χ0) is 13.1. The molecule has 1 fully saturated rings. The molecule has 0 amide bonds. The van der Waals surface area contributed by atoms with E-state index in [1.54, 1.807) is 12.1 Å². The van der Waals surface area contributed by atoms with Crippen LogP contribution in [-0.2, 0) is 0 Å². The Balaban J connectivity index is 2.15. The summed E-state index contributed by atoms with van der Waals surface area (Å²) < 4.78 is 0. The molecule has 1 aromatic rings. The smallest absolute Gasteiger partial charge is 0.335 e. The van der Waals surface area contributed by atoms with Gasteiger partial charge in [-0.3, -0.25) is 0 Å². The normalized spacial score (nSPS) is 15.3. The van der Waals surface area contributed by atoms with Gasteiger partial charge in [0.15, 0.2) is 0 Å². The molecule has 1 aliphatic heterocycles. The quantitative estimate of drug-likeness (QED) is 0.831. The van der Waals surface area contributed by atoms with Gasteiger partial charge < -0.3 is 10.0 Å². The van der Waals surface area contributed by atoms with Crippen molar-refractivity contribution in [2.24, 2.45) is 0 Å². The van der Waals surface area contributed by atoms with Crippen LogP contribution in [0.5, 0.6) is 0 Å². The number of aromatic carboxylic acids is 1. The number of halogens is 1. The van der Waals surface area contributed by atoms with Crippen molar-refractivity contribution in [2.45, 2.75) is 12.6 Å². The summed E-state index contributed by atoms with van der Waals surface area (Å²) in [4.78, 5) is 12.9. The minimum atomic E-state index is -0.980. The lowest BCUT2D eigenvalue weighted by Gasteiger charge is -2.30.